The van der Waals surface area contributed by atoms with Gasteiger partial charge in [-0.1, -0.05) is 6.08 Å². The molecule has 0 bridgehead atoms. The van der Waals surface area contributed by atoms with Crippen molar-refractivity contribution in [1.82, 2.24) is 9.78 Å². The van der Waals surface area contributed by atoms with Crippen LogP contribution in [0.15, 0.2) is 18.9 Å². The second-order valence-corrected chi connectivity index (χ2v) is 2.41. The van der Waals surface area contributed by atoms with Crippen molar-refractivity contribution in [2.24, 2.45) is 7.05 Å². The number of hydrogen-bond donors (Lipinski definition) is 0. The maximum Gasteiger partial charge on any atom is 0.0628 e. The van der Waals surface area contributed by atoms with Crippen LogP contribution in [0.5, 0.6) is 0 Å². The highest BCUT2D eigenvalue weighted by atomic mass is 15.2. The third-order valence-corrected chi connectivity index (χ3v) is 1.48. The molecule has 1 heterocycles. The first-order valence-electron chi connectivity index (χ1n) is 3.34. The van der Waals surface area contributed by atoms with Gasteiger partial charge in [0.25, 0.3) is 0 Å². The predicted molar refractivity (Wildman–Crippen MR) is 41.8 cm³/mol. The maximum atomic E-state index is 4.20. The summed E-state index contributed by atoms with van der Waals surface area (Å²) in [7, 11) is 1.93. The van der Waals surface area contributed by atoms with E-state index in [2.05, 4.69) is 11.7 Å². The average Bonchev–Trinajstić information content (AvgIpc) is 2.13. The van der Waals surface area contributed by atoms with Gasteiger partial charge in [0, 0.05) is 13.2 Å². The Labute approximate surface area is 61.2 Å². The van der Waals surface area contributed by atoms with Crippen LogP contribution < -0.4 is 0 Å². The van der Waals surface area contributed by atoms with E-state index in [-0.39, 0.29) is 0 Å². The van der Waals surface area contributed by atoms with Crippen LogP contribution in [0, 0.1) is 6.92 Å². The van der Waals surface area contributed by atoms with Crippen molar-refractivity contribution in [2.45, 2.75) is 13.3 Å². The van der Waals surface area contributed by atoms with Crippen LogP contribution in [0.1, 0.15) is 11.3 Å². The van der Waals surface area contributed by atoms with Crippen LogP contribution >= 0.6 is 0 Å². The molecular formula is C8H12N2. The lowest BCUT2D eigenvalue weighted by molar-refractivity contribution is 0.756. The van der Waals surface area contributed by atoms with Gasteiger partial charge in [0.2, 0.25) is 0 Å². The zero-order chi connectivity index (χ0) is 7.56. The molecule has 0 aliphatic carbocycles. The number of nitrogens with zero attached hydrogens (tertiary/aromatic N) is 2. The van der Waals surface area contributed by atoms with Gasteiger partial charge < -0.3 is 0 Å². The van der Waals surface area contributed by atoms with Crippen molar-refractivity contribution in [1.29, 1.82) is 0 Å². The first kappa shape index (κ1) is 7.06. The van der Waals surface area contributed by atoms with E-state index in [1.54, 1.807) is 0 Å². The fourth-order valence-corrected chi connectivity index (χ4v) is 1.00. The summed E-state index contributed by atoms with van der Waals surface area (Å²) >= 11 is 0. The average molecular weight is 136 g/mol. The lowest BCUT2D eigenvalue weighted by Crippen LogP contribution is -1.86. The third-order valence-electron chi connectivity index (χ3n) is 1.48. The molecule has 1 aromatic rings. The lowest BCUT2D eigenvalue weighted by Gasteiger charge is -1.87. The molecule has 2 heteroatoms. The molecule has 0 unspecified atom stereocenters. The molecule has 0 N–H and O–H groups in total. The van der Waals surface area contributed by atoms with Crippen LogP contribution in [0.2, 0.25) is 0 Å². The van der Waals surface area contributed by atoms with E-state index in [0.717, 1.165) is 12.1 Å². The van der Waals surface area contributed by atoms with Crippen LogP contribution in [-0.2, 0) is 13.5 Å². The van der Waals surface area contributed by atoms with E-state index in [4.69, 9.17) is 0 Å². The Kier molecular flexibility index (Phi) is 1.90. The second kappa shape index (κ2) is 2.69. The molecule has 54 valence electrons. The molecule has 0 spiro atoms. The summed E-state index contributed by atoms with van der Waals surface area (Å²) in [5.74, 6) is 0. The Hall–Kier alpha value is -1.05. The maximum absolute atomic E-state index is 4.20. The molecule has 0 saturated carbocycles. The molecule has 1 aromatic heterocycles. The molecule has 0 aliphatic rings. The molecule has 0 aromatic carbocycles. The molecule has 10 heavy (non-hydrogen) atoms. The minimum atomic E-state index is 0.916. The molecule has 0 radical (unpaired) electrons. The van der Waals surface area contributed by atoms with Crippen LogP contribution in [0.3, 0.4) is 0 Å². The van der Waals surface area contributed by atoms with Crippen molar-refractivity contribution in [2.75, 3.05) is 0 Å². The topological polar surface area (TPSA) is 17.8 Å². The van der Waals surface area contributed by atoms with Gasteiger partial charge >= 0.3 is 0 Å². The smallest absolute Gasteiger partial charge is 0.0628 e. The summed E-state index contributed by atoms with van der Waals surface area (Å²) in [5.41, 5.74) is 2.36. The summed E-state index contributed by atoms with van der Waals surface area (Å²) in [6.07, 6.45) is 4.83. The van der Waals surface area contributed by atoms with Crippen molar-refractivity contribution in [3.63, 3.8) is 0 Å². The Morgan fingerprint density at radius 1 is 1.80 bits per heavy atom. The third kappa shape index (κ3) is 1.26. The van der Waals surface area contributed by atoms with Crippen molar-refractivity contribution in [3.8, 4) is 0 Å². The lowest BCUT2D eigenvalue weighted by atomic mass is 10.2. The van der Waals surface area contributed by atoms with E-state index in [9.17, 15) is 0 Å². The van der Waals surface area contributed by atoms with E-state index < -0.39 is 0 Å². The largest absolute Gasteiger partial charge is 0.275 e. The number of hydrogen-bond acceptors (Lipinski definition) is 1. The molecule has 2 nitrogen and oxygen atoms in total. The van der Waals surface area contributed by atoms with Gasteiger partial charge in [-0.3, -0.25) is 4.68 Å². The highest BCUT2D eigenvalue weighted by molar-refractivity contribution is 5.17. The summed E-state index contributed by atoms with van der Waals surface area (Å²) in [6, 6.07) is 0. The number of allylic oxidation sites excluding steroid dienone is 1. The zero-order valence-electron chi connectivity index (χ0n) is 6.46. The highest BCUT2D eigenvalue weighted by Crippen LogP contribution is 2.04. The van der Waals surface area contributed by atoms with Gasteiger partial charge in [-0.05, 0) is 18.9 Å². The normalized spacial score (nSPS) is 9.80. The van der Waals surface area contributed by atoms with E-state index in [1.165, 1.54) is 5.56 Å². The van der Waals surface area contributed by atoms with Gasteiger partial charge in [-0.15, -0.1) is 6.58 Å². The standard InChI is InChI=1S/C8H12N2/c1-4-5-8-6-10(3)9-7(8)2/h4,6H,1,5H2,2-3H3. The number of rotatable bonds is 2. The monoisotopic (exact) mass is 136 g/mol. The van der Waals surface area contributed by atoms with Crippen molar-refractivity contribution in [3.05, 3.63) is 30.1 Å². The second-order valence-electron chi connectivity index (χ2n) is 2.41. The molecule has 0 fully saturated rings. The quantitative estimate of drug-likeness (QED) is 0.563. The Morgan fingerprint density at radius 2 is 2.50 bits per heavy atom. The van der Waals surface area contributed by atoms with Gasteiger partial charge in [0.1, 0.15) is 0 Å². The van der Waals surface area contributed by atoms with Crippen LogP contribution in [0.25, 0.3) is 0 Å². The summed E-state index contributed by atoms with van der Waals surface area (Å²) in [4.78, 5) is 0. The summed E-state index contributed by atoms with van der Waals surface area (Å²) < 4.78 is 1.83. The minimum Gasteiger partial charge on any atom is -0.275 e. The Morgan fingerprint density at radius 3 is 2.90 bits per heavy atom. The van der Waals surface area contributed by atoms with Gasteiger partial charge in [0.05, 0.1) is 5.69 Å². The predicted octanol–water partition coefficient (Wildman–Crippen LogP) is 1.46. The Balaban J connectivity index is 2.91. The van der Waals surface area contributed by atoms with Gasteiger partial charge in [-0.2, -0.15) is 5.10 Å². The first-order valence-corrected chi connectivity index (χ1v) is 3.34. The number of aromatic nitrogens is 2. The van der Waals surface area contributed by atoms with Crippen LogP contribution in [0.4, 0.5) is 0 Å². The zero-order valence-corrected chi connectivity index (χ0v) is 6.46. The fourth-order valence-electron chi connectivity index (χ4n) is 1.00. The molecule has 1 rings (SSSR count). The van der Waals surface area contributed by atoms with E-state index in [1.807, 2.05) is 30.9 Å². The van der Waals surface area contributed by atoms with E-state index >= 15 is 0 Å². The van der Waals surface area contributed by atoms with Crippen molar-refractivity contribution < 1.29 is 0 Å². The van der Waals surface area contributed by atoms with Gasteiger partial charge in [-0.25, -0.2) is 0 Å². The molecule has 0 saturated heterocycles. The summed E-state index contributed by atoms with van der Waals surface area (Å²) in [6.45, 7) is 5.68. The first-order chi connectivity index (χ1) is 4.74. The Bertz CT molecular complexity index is 235. The number of aryl methyl sites for hydroxylation is 2. The highest BCUT2D eigenvalue weighted by Gasteiger charge is 1.98. The molecular weight excluding hydrogens is 124 g/mol. The fraction of sp³-hybridized carbons (Fsp3) is 0.375. The van der Waals surface area contributed by atoms with Crippen molar-refractivity contribution >= 4 is 0 Å². The van der Waals surface area contributed by atoms with Crippen LogP contribution in [-0.4, -0.2) is 9.78 Å². The summed E-state index contributed by atoms with van der Waals surface area (Å²) in [5, 5.41) is 4.20. The minimum absolute atomic E-state index is 0.916. The molecule has 0 atom stereocenters. The molecule has 0 aliphatic heterocycles. The van der Waals surface area contributed by atoms with E-state index in [0.29, 0.717) is 0 Å². The molecule has 0 amide bonds. The van der Waals surface area contributed by atoms with Gasteiger partial charge in [0.15, 0.2) is 0 Å². The SMILES string of the molecule is C=CCc1cn(C)nc1C.